The van der Waals surface area contributed by atoms with Gasteiger partial charge in [0.05, 0.1) is 25.3 Å². The topological polar surface area (TPSA) is 126 Å². The molecule has 2 unspecified atom stereocenters. The molecule has 2 atom stereocenters. The van der Waals surface area contributed by atoms with Gasteiger partial charge in [0, 0.05) is 11.3 Å². The summed E-state index contributed by atoms with van der Waals surface area (Å²) in [5, 5.41) is 19.1. The van der Waals surface area contributed by atoms with E-state index in [4.69, 9.17) is 10.5 Å². The lowest BCUT2D eigenvalue weighted by Gasteiger charge is -2.38. The minimum atomic E-state index is -0.809. The largest absolute Gasteiger partial charge is 0.496 e. The quantitative estimate of drug-likeness (QED) is 0.0617. The van der Waals surface area contributed by atoms with E-state index in [0.29, 0.717) is 31.5 Å². The van der Waals surface area contributed by atoms with Gasteiger partial charge < -0.3 is 26.2 Å². The van der Waals surface area contributed by atoms with Crippen LogP contribution in [0.5, 0.6) is 5.75 Å². The number of rotatable bonds is 17. The highest BCUT2D eigenvalue weighted by Gasteiger charge is 2.38. The van der Waals surface area contributed by atoms with Gasteiger partial charge in [-0.2, -0.15) is 0 Å². The number of nitrogens with two attached hydrogens (primary N) is 1. The number of anilines is 1. The molecule has 50 heavy (non-hydrogen) atoms. The number of ether oxygens (including phenoxy) is 1. The fourth-order valence-electron chi connectivity index (χ4n) is 6.29. The molecule has 0 radical (unpaired) electrons. The van der Waals surface area contributed by atoms with Crippen molar-refractivity contribution in [1.29, 1.82) is 0 Å². The first-order chi connectivity index (χ1) is 24.4. The summed E-state index contributed by atoms with van der Waals surface area (Å²) in [6.45, 7) is 0.521. The number of para-hydroxylation sites is 1. The summed E-state index contributed by atoms with van der Waals surface area (Å²) in [5.41, 5.74) is 11.0. The normalized spacial score (nSPS) is 12.5. The van der Waals surface area contributed by atoms with Crippen LogP contribution in [0, 0.1) is 0 Å². The predicted octanol–water partition coefficient (Wildman–Crippen LogP) is 5.93. The molecule has 0 fully saturated rings. The van der Waals surface area contributed by atoms with Gasteiger partial charge in [-0.3, -0.25) is 14.9 Å². The molecular formula is C42H46N4O4. The van der Waals surface area contributed by atoms with Crippen LogP contribution in [0.1, 0.15) is 47.1 Å². The van der Waals surface area contributed by atoms with Crippen molar-refractivity contribution in [3.8, 4) is 5.75 Å². The fourth-order valence-corrected chi connectivity index (χ4v) is 6.29. The number of carbonyl (C=O) groups is 2. The number of benzene rings is 5. The van der Waals surface area contributed by atoms with Gasteiger partial charge in [-0.05, 0) is 72.7 Å². The maximum atomic E-state index is 13.6. The Bertz CT molecular complexity index is 1740. The highest BCUT2D eigenvalue weighted by molar-refractivity contribution is 5.97. The molecule has 0 bridgehead atoms. The summed E-state index contributed by atoms with van der Waals surface area (Å²) >= 11 is 0. The number of aliphatic hydroxyl groups excluding tert-OH is 1. The molecule has 0 aliphatic carbocycles. The van der Waals surface area contributed by atoms with E-state index in [1.54, 1.807) is 31.4 Å². The van der Waals surface area contributed by atoms with Crippen LogP contribution in [0.4, 0.5) is 5.69 Å². The zero-order valence-electron chi connectivity index (χ0n) is 28.4. The molecule has 5 aromatic rings. The van der Waals surface area contributed by atoms with Gasteiger partial charge in [-0.15, -0.1) is 0 Å². The molecule has 0 spiro atoms. The maximum absolute atomic E-state index is 13.6. The Morgan fingerprint density at radius 1 is 0.720 bits per heavy atom. The third-order valence-corrected chi connectivity index (χ3v) is 8.91. The minimum Gasteiger partial charge on any atom is -0.496 e. The third-order valence-electron chi connectivity index (χ3n) is 8.91. The molecular weight excluding hydrogens is 624 g/mol. The number of amides is 2. The number of methoxy groups -OCH3 is 1. The van der Waals surface area contributed by atoms with E-state index in [1.807, 2.05) is 84.9 Å². The standard InChI is InChI=1S/C42H46N4O4/c1-50-39-23-12-11-21-36(39)42(33-17-7-3-8-18-33,34-19-9-4-10-20-34)44-28-14-13-22-38(41(49)45-35-26-24-32(30-47)25-27-35)46-40(48)37(43)29-31-15-5-2-6-16-31/h2-12,15-21,23-27,37-38,44,47H,13-14,22,28-30,43H2,1H3,(H,45,49)(H,46,48). The molecule has 2 amide bonds. The second kappa shape index (κ2) is 17.9. The Kier molecular flexibility index (Phi) is 12.9. The van der Waals surface area contributed by atoms with Crippen LogP contribution in [0.2, 0.25) is 0 Å². The fraction of sp³-hybridized carbons (Fsp3) is 0.238. The summed E-state index contributed by atoms with van der Waals surface area (Å²) < 4.78 is 5.89. The summed E-state index contributed by atoms with van der Waals surface area (Å²) in [5.74, 6) is 0.0593. The lowest BCUT2D eigenvalue weighted by atomic mass is 9.76. The zero-order valence-corrected chi connectivity index (χ0v) is 28.4. The number of aliphatic hydroxyl groups is 1. The molecule has 0 heterocycles. The van der Waals surface area contributed by atoms with Gasteiger partial charge in [-0.1, -0.05) is 121 Å². The van der Waals surface area contributed by atoms with E-state index in [-0.39, 0.29) is 18.4 Å². The van der Waals surface area contributed by atoms with Crippen LogP contribution >= 0.6 is 0 Å². The van der Waals surface area contributed by atoms with Crippen molar-refractivity contribution in [2.45, 2.75) is 49.9 Å². The smallest absolute Gasteiger partial charge is 0.246 e. The highest BCUT2D eigenvalue weighted by atomic mass is 16.5. The van der Waals surface area contributed by atoms with Crippen molar-refractivity contribution in [3.05, 3.63) is 167 Å². The van der Waals surface area contributed by atoms with Crippen molar-refractivity contribution in [2.75, 3.05) is 19.0 Å². The van der Waals surface area contributed by atoms with E-state index in [1.165, 1.54) is 0 Å². The lowest BCUT2D eigenvalue weighted by molar-refractivity contribution is -0.127. The van der Waals surface area contributed by atoms with E-state index in [0.717, 1.165) is 40.0 Å². The monoisotopic (exact) mass is 670 g/mol. The first kappa shape index (κ1) is 36.0. The third kappa shape index (κ3) is 9.03. The molecule has 0 aliphatic heterocycles. The van der Waals surface area contributed by atoms with E-state index >= 15 is 0 Å². The molecule has 258 valence electrons. The SMILES string of the molecule is COc1ccccc1C(NCCCCC(NC(=O)C(N)Cc1ccccc1)C(=O)Nc1ccc(CO)cc1)(c1ccccc1)c1ccccc1. The Labute approximate surface area is 294 Å². The Morgan fingerprint density at radius 3 is 1.90 bits per heavy atom. The molecule has 0 saturated heterocycles. The lowest BCUT2D eigenvalue weighted by Crippen LogP contribution is -2.50. The van der Waals surface area contributed by atoms with Crippen molar-refractivity contribution in [2.24, 2.45) is 5.73 Å². The van der Waals surface area contributed by atoms with Crippen LogP contribution in [0.15, 0.2) is 140 Å². The first-order valence-corrected chi connectivity index (χ1v) is 17.0. The van der Waals surface area contributed by atoms with Crippen LogP contribution in [0.25, 0.3) is 0 Å². The van der Waals surface area contributed by atoms with Gasteiger partial charge in [0.15, 0.2) is 0 Å². The average Bonchev–Trinajstić information content (AvgIpc) is 3.17. The van der Waals surface area contributed by atoms with Gasteiger partial charge in [0.25, 0.3) is 0 Å². The van der Waals surface area contributed by atoms with Crippen molar-refractivity contribution >= 4 is 17.5 Å². The molecule has 5 rings (SSSR count). The highest BCUT2D eigenvalue weighted by Crippen LogP contribution is 2.41. The summed E-state index contributed by atoms with van der Waals surface area (Å²) in [4.78, 5) is 26.9. The van der Waals surface area contributed by atoms with Crippen molar-refractivity contribution in [1.82, 2.24) is 10.6 Å². The number of hydrogen-bond donors (Lipinski definition) is 5. The Morgan fingerprint density at radius 2 is 1.30 bits per heavy atom. The average molecular weight is 671 g/mol. The Balaban J connectivity index is 1.33. The summed E-state index contributed by atoms with van der Waals surface area (Å²) in [7, 11) is 1.69. The second-order valence-corrected chi connectivity index (χ2v) is 12.3. The molecule has 5 aromatic carbocycles. The van der Waals surface area contributed by atoms with Crippen LogP contribution in [-0.2, 0) is 28.2 Å². The van der Waals surface area contributed by atoms with Crippen molar-refractivity contribution in [3.63, 3.8) is 0 Å². The van der Waals surface area contributed by atoms with E-state index in [2.05, 4.69) is 46.3 Å². The number of carbonyl (C=O) groups excluding carboxylic acids is 2. The second-order valence-electron chi connectivity index (χ2n) is 12.3. The van der Waals surface area contributed by atoms with Crippen molar-refractivity contribution < 1.29 is 19.4 Å². The molecule has 8 nitrogen and oxygen atoms in total. The summed E-state index contributed by atoms with van der Waals surface area (Å²) in [6, 6.07) is 43.6. The molecule has 0 aliphatic rings. The van der Waals surface area contributed by atoms with E-state index < -0.39 is 17.6 Å². The number of unbranched alkanes of at least 4 members (excludes halogenated alkanes) is 1. The summed E-state index contributed by atoms with van der Waals surface area (Å²) in [6.07, 6.45) is 2.13. The van der Waals surface area contributed by atoms with Gasteiger partial charge in [-0.25, -0.2) is 0 Å². The van der Waals surface area contributed by atoms with E-state index in [9.17, 15) is 14.7 Å². The van der Waals surface area contributed by atoms with Gasteiger partial charge >= 0.3 is 0 Å². The predicted molar refractivity (Wildman–Crippen MR) is 199 cm³/mol. The van der Waals surface area contributed by atoms with Gasteiger partial charge in [0.2, 0.25) is 11.8 Å². The van der Waals surface area contributed by atoms with Crippen LogP contribution in [-0.4, -0.2) is 42.7 Å². The molecule has 6 N–H and O–H groups in total. The van der Waals surface area contributed by atoms with Gasteiger partial charge in [0.1, 0.15) is 11.8 Å². The first-order valence-electron chi connectivity index (χ1n) is 17.0. The molecule has 0 aromatic heterocycles. The minimum absolute atomic E-state index is 0.0901. The molecule has 8 heteroatoms. The zero-order chi connectivity index (χ0) is 35.2. The van der Waals surface area contributed by atoms with Crippen LogP contribution < -0.4 is 26.4 Å². The number of nitrogens with one attached hydrogen (secondary N) is 3. The maximum Gasteiger partial charge on any atom is 0.246 e. The Hall–Kier alpha value is -5.28. The van der Waals surface area contributed by atoms with Crippen LogP contribution in [0.3, 0.4) is 0 Å². The molecule has 0 saturated carbocycles. The number of hydrogen-bond acceptors (Lipinski definition) is 6.